The van der Waals surface area contributed by atoms with E-state index >= 15 is 0 Å². The molecule has 81 valence electrons. The van der Waals surface area contributed by atoms with E-state index < -0.39 is 0 Å². The van der Waals surface area contributed by atoms with Gasteiger partial charge in [-0.05, 0) is 37.5 Å². The lowest BCUT2D eigenvalue weighted by Crippen LogP contribution is -2.25. The molecule has 1 aromatic carbocycles. The lowest BCUT2D eigenvalue weighted by molar-refractivity contribution is -0.0111. The Morgan fingerprint density at radius 1 is 1.47 bits per heavy atom. The highest BCUT2D eigenvalue weighted by molar-refractivity contribution is 6.30. The first kappa shape index (κ1) is 10.8. The van der Waals surface area contributed by atoms with Gasteiger partial charge in [0.15, 0.2) is 0 Å². The summed E-state index contributed by atoms with van der Waals surface area (Å²) < 4.78 is 11.1. The van der Waals surface area contributed by atoms with E-state index in [1.807, 2.05) is 6.07 Å². The first-order valence-corrected chi connectivity index (χ1v) is 5.64. The molecule has 0 saturated carbocycles. The van der Waals surface area contributed by atoms with Crippen molar-refractivity contribution < 1.29 is 9.47 Å². The molecule has 1 saturated heterocycles. The number of benzene rings is 1. The largest absolute Gasteiger partial charge is 0.490 e. The molecule has 15 heavy (non-hydrogen) atoms. The molecule has 0 aromatic heterocycles. The van der Waals surface area contributed by atoms with E-state index in [1.54, 1.807) is 12.1 Å². The fraction of sp³-hybridized carbons (Fsp3) is 0.500. The van der Waals surface area contributed by atoms with Gasteiger partial charge in [0.2, 0.25) is 0 Å². The van der Waals surface area contributed by atoms with Crippen molar-refractivity contribution in [3.8, 4) is 5.75 Å². The molecule has 1 atom stereocenters. The molecule has 1 unspecified atom stereocenters. The fourth-order valence-corrected chi connectivity index (χ4v) is 1.72. The number of ether oxygens (including phenoxy) is 2. The summed E-state index contributed by atoms with van der Waals surface area (Å²) in [6.45, 7) is 1.47. The topological polar surface area (TPSA) is 18.5 Å². The number of hydrogen-bond acceptors (Lipinski definition) is 2. The molecular formula is C12H14ClO2. The van der Waals surface area contributed by atoms with Crippen molar-refractivity contribution in [2.75, 3.05) is 13.2 Å². The highest BCUT2D eigenvalue weighted by Gasteiger charge is 2.14. The molecule has 1 fully saturated rings. The molecule has 0 aliphatic carbocycles. The second kappa shape index (κ2) is 5.38. The minimum absolute atomic E-state index is 0.239. The van der Waals surface area contributed by atoms with E-state index in [9.17, 15) is 0 Å². The maximum absolute atomic E-state index is 5.75. The summed E-state index contributed by atoms with van der Waals surface area (Å²) in [5.41, 5.74) is 0. The maximum Gasteiger partial charge on any atom is 0.127 e. The van der Waals surface area contributed by atoms with Crippen LogP contribution in [0.25, 0.3) is 0 Å². The molecular weight excluding hydrogens is 212 g/mol. The summed E-state index contributed by atoms with van der Waals surface area (Å²) in [6.07, 6.45) is 3.73. The Kier molecular flexibility index (Phi) is 3.87. The number of rotatable bonds is 3. The van der Waals surface area contributed by atoms with Gasteiger partial charge in [-0.15, -0.1) is 0 Å². The van der Waals surface area contributed by atoms with E-state index in [0.717, 1.165) is 18.8 Å². The quantitative estimate of drug-likeness (QED) is 0.787. The molecule has 2 nitrogen and oxygen atoms in total. The molecule has 1 aromatic rings. The van der Waals surface area contributed by atoms with Crippen LogP contribution < -0.4 is 4.74 Å². The van der Waals surface area contributed by atoms with Crippen LogP contribution in [0.1, 0.15) is 19.3 Å². The van der Waals surface area contributed by atoms with Gasteiger partial charge in [-0.2, -0.15) is 0 Å². The minimum atomic E-state index is 0.239. The molecule has 0 bridgehead atoms. The van der Waals surface area contributed by atoms with Crippen molar-refractivity contribution in [2.45, 2.75) is 25.4 Å². The van der Waals surface area contributed by atoms with Crippen molar-refractivity contribution >= 4 is 11.6 Å². The van der Waals surface area contributed by atoms with Crippen molar-refractivity contribution in [3.05, 3.63) is 29.3 Å². The maximum atomic E-state index is 5.75. The predicted molar refractivity (Wildman–Crippen MR) is 59.4 cm³/mol. The summed E-state index contributed by atoms with van der Waals surface area (Å²) in [4.78, 5) is 0. The number of halogens is 1. The molecule has 2 rings (SSSR count). The Morgan fingerprint density at radius 2 is 2.40 bits per heavy atom. The van der Waals surface area contributed by atoms with E-state index in [4.69, 9.17) is 21.1 Å². The second-order valence-corrected chi connectivity index (χ2v) is 4.11. The Bertz CT molecular complexity index is 291. The molecule has 1 heterocycles. The van der Waals surface area contributed by atoms with Crippen molar-refractivity contribution in [1.29, 1.82) is 0 Å². The first-order chi connectivity index (χ1) is 7.34. The highest BCUT2D eigenvalue weighted by Crippen LogP contribution is 2.17. The van der Waals surface area contributed by atoms with Crippen LogP contribution in [-0.2, 0) is 4.74 Å². The fourth-order valence-electron chi connectivity index (χ4n) is 1.60. The third-order valence-corrected chi connectivity index (χ3v) is 2.68. The molecule has 3 heteroatoms. The zero-order chi connectivity index (χ0) is 10.5. The Hall–Kier alpha value is -0.730. The van der Waals surface area contributed by atoms with E-state index in [1.165, 1.54) is 12.8 Å². The van der Waals surface area contributed by atoms with Crippen molar-refractivity contribution in [3.63, 3.8) is 0 Å². The lowest BCUT2D eigenvalue weighted by atomic mass is 10.1. The van der Waals surface area contributed by atoms with Gasteiger partial charge in [-0.1, -0.05) is 11.6 Å². The lowest BCUT2D eigenvalue weighted by Gasteiger charge is -2.22. The van der Waals surface area contributed by atoms with Crippen LogP contribution in [0.3, 0.4) is 0 Å². The Balaban J connectivity index is 1.79. The van der Waals surface area contributed by atoms with Crippen molar-refractivity contribution in [1.82, 2.24) is 0 Å². The normalized spacial score (nSPS) is 21.3. The van der Waals surface area contributed by atoms with Gasteiger partial charge in [0.25, 0.3) is 0 Å². The van der Waals surface area contributed by atoms with E-state index in [2.05, 4.69) is 6.07 Å². The predicted octanol–water partition coefficient (Wildman–Crippen LogP) is 3.09. The Labute approximate surface area is 95.1 Å². The van der Waals surface area contributed by atoms with Crippen molar-refractivity contribution in [2.24, 2.45) is 0 Å². The van der Waals surface area contributed by atoms with Crippen LogP contribution >= 0.6 is 11.6 Å². The summed E-state index contributed by atoms with van der Waals surface area (Å²) in [6, 6.07) is 8.30. The third-order valence-electron chi connectivity index (χ3n) is 2.44. The smallest absolute Gasteiger partial charge is 0.127 e. The zero-order valence-electron chi connectivity index (χ0n) is 8.54. The van der Waals surface area contributed by atoms with Crippen LogP contribution in [-0.4, -0.2) is 19.3 Å². The second-order valence-electron chi connectivity index (χ2n) is 3.67. The van der Waals surface area contributed by atoms with Gasteiger partial charge in [0, 0.05) is 17.7 Å². The van der Waals surface area contributed by atoms with Gasteiger partial charge < -0.3 is 9.47 Å². The van der Waals surface area contributed by atoms with Gasteiger partial charge in [-0.25, -0.2) is 0 Å². The average molecular weight is 226 g/mol. The van der Waals surface area contributed by atoms with Crippen LogP contribution in [0.5, 0.6) is 5.75 Å². The van der Waals surface area contributed by atoms with Gasteiger partial charge in [0.1, 0.15) is 12.4 Å². The summed E-state index contributed by atoms with van der Waals surface area (Å²) in [5, 5.41) is 0.677. The highest BCUT2D eigenvalue weighted by atomic mass is 35.5. The molecule has 1 radical (unpaired) electrons. The molecule has 1 aliphatic rings. The minimum Gasteiger partial charge on any atom is -0.490 e. The summed E-state index contributed by atoms with van der Waals surface area (Å²) >= 11 is 5.75. The van der Waals surface area contributed by atoms with Crippen LogP contribution in [0.4, 0.5) is 0 Å². The molecule has 0 spiro atoms. The van der Waals surface area contributed by atoms with E-state index in [0.29, 0.717) is 11.6 Å². The molecule has 1 aliphatic heterocycles. The van der Waals surface area contributed by atoms with Crippen LogP contribution in [0.15, 0.2) is 18.2 Å². The standard InChI is InChI=1S/C12H14ClO2/c13-10-4-6-11(7-5-10)15-9-12-3-1-2-8-14-12/h4-6,12H,1-3,8-9H2. The summed E-state index contributed by atoms with van der Waals surface area (Å²) in [7, 11) is 0. The molecule has 0 amide bonds. The van der Waals surface area contributed by atoms with E-state index in [-0.39, 0.29) is 6.10 Å². The third kappa shape index (κ3) is 3.40. The summed E-state index contributed by atoms with van der Waals surface area (Å²) in [5.74, 6) is 0.730. The zero-order valence-corrected chi connectivity index (χ0v) is 9.30. The monoisotopic (exact) mass is 225 g/mol. The van der Waals surface area contributed by atoms with Crippen LogP contribution in [0.2, 0.25) is 5.02 Å². The average Bonchev–Trinajstić information content (AvgIpc) is 2.30. The SMILES string of the molecule is Clc1c[c]c(OCC2CCCCO2)cc1. The Morgan fingerprint density at radius 3 is 3.07 bits per heavy atom. The van der Waals surface area contributed by atoms with Gasteiger partial charge in [-0.3, -0.25) is 0 Å². The van der Waals surface area contributed by atoms with Crippen LogP contribution in [0, 0.1) is 6.07 Å². The molecule has 0 N–H and O–H groups in total. The first-order valence-electron chi connectivity index (χ1n) is 5.26. The van der Waals surface area contributed by atoms with Gasteiger partial charge >= 0.3 is 0 Å². The van der Waals surface area contributed by atoms with Gasteiger partial charge in [0.05, 0.1) is 6.10 Å². The number of hydrogen-bond donors (Lipinski definition) is 0.